The topological polar surface area (TPSA) is 60.8 Å². The second kappa shape index (κ2) is 5.61. The van der Waals surface area contributed by atoms with Crippen LogP contribution in [-0.4, -0.2) is 46.3 Å². The quantitative estimate of drug-likeness (QED) is 0.745. The number of β-amino-alcohol motifs (C(OH)–C–C–N with tert-alkyl or cyclic N) is 1. The van der Waals surface area contributed by atoms with Crippen molar-refractivity contribution in [3.63, 3.8) is 0 Å². The van der Waals surface area contributed by atoms with Gasteiger partial charge in [0.05, 0.1) is 11.2 Å². The standard InChI is InChI=1S/C15H16FNO3/c1-15(20)6-7-17(10-15)14(19)12-9-11(3-2-8-18)4-5-13(12)16/h4-5,9,18,20H,6-8,10H2,1H3. The first kappa shape index (κ1) is 14.5. The first-order chi connectivity index (χ1) is 9.43. The van der Waals surface area contributed by atoms with Crippen LogP contribution in [0.2, 0.25) is 0 Å². The first-order valence-corrected chi connectivity index (χ1v) is 6.34. The van der Waals surface area contributed by atoms with Crippen molar-refractivity contribution in [1.82, 2.24) is 4.90 Å². The van der Waals surface area contributed by atoms with Crippen molar-refractivity contribution in [2.45, 2.75) is 18.9 Å². The van der Waals surface area contributed by atoms with Crippen LogP contribution in [0.3, 0.4) is 0 Å². The molecule has 4 nitrogen and oxygen atoms in total. The van der Waals surface area contributed by atoms with Gasteiger partial charge in [0, 0.05) is 18.7 Å². The SMILES string of the molecule is CC1(O)CCN(C(=O)c2cc(C#CCO)ccc2F)C1. The number of carbonyl (C=O) groups excluding carboxylic acids is 1. The Labute approximate surface area is 116 Å². The second-order valence-corrected chi connectivity index (χ2v) is 5.13. The van der Waals surface area contributed by atoms with Crippen LogP contribution in [-0.2, 0) is 0 Å². The maximum Gasteiger partial charge on any atom is 0.256 e. The lowest BCUT2D eigenvalue weighted by molar-refractivity contribution is 0.0569. The van der Waals surface area contributed by atoms with Gasteiger partial charge in [-0.25, -0.2) is 4.39 Å². The third kappa shape index (κ3) is 3.16. The minimum atomic E-state index is -0.916. The third-order valence-electron chi connectivity index (χ3n) is 3.25. The zero-order valence-corrected chi connectivity index (χ0v) is 11.2. The summed E-state index contributed by atoms with van der Waals surface area (Å²) in [5, 5.41) is 18.5. The van der Waals surface area contributed by atoms with Gasteiger partial charge in [-0.3, -0.25) is 4.79 Å². The van der Waals surface area contributed by atoms with Crippen LogP contribution in [0, 0.1) is 17.7 Å². The summed E-state index contributed by atoms with van der Waals surface area (Å²) in [6, 6.07) is 4.01. The molecular formula is C15H16FNO3. The lowest BCUT2D eigenvalue weighted by Crippen LogP contribution is -2.34. The molecule has 1 aliphatic rings. The van der Waals surface area contributed by atoms with Gasteiger partial charge in [-0.1, -0.05) is 11.8 Å². The molecular weight excluding hydrogens is 261 g/mol. The Hall–Kier alpha value is -1.90. The van der Waals surface area contributed by atoms with Crippen molar-refractivity contribution in [1.29, 1.82) is 0 Å². The van der Waals surface area contributed by atoms with Crippen molar-refractivity contribution < 1.29 is 19.4 Å². The Morgan fingerprint density at radius 2 is 2.30 bits per heavy atom. The number of carbonyl (C=O) groups is 1. The molecule has 1 aromatic rings. The molecule has 1 aliphatic heterocycles. The zero-order valence-electron chi connectivity index (χ0n) is 11.2. The van der Waals surface area contributed by atoms with E-state index in [2.05, 4.69) is 11.8 Å². The fraction of sp³-hybridized carbons (Fsp3) is 0.400. The molecule has 0 saturated carbocycles. The smallest absolute Gasteiger partial charge is 0.256 e. The van der Waals surface area contributed by atoms with Crippen LogP contribution < -0.4 is 0 Å². The minimum absolute atomic E-state index is 0.0626. The fourth-order valence-electron chi connectivity index (χ4n) is 2.20. The summed E-state index contributed by atoms with van der Waals surface area (Å²) in [7, 11) is 0. The van der Waals surface area contributed by atoms with Crippen molar-refractivity contribution in [3.8, 4) is 11.8 Å². The maximum absolute atomic E-state index is 13.8. The summed E-state index contributed by atoms with van der Waals surface area (Å²) in [5.74, 6) is 4.02. The number of hydrogen-bond donors (Lipinski definition) is 2. The largest absolute Gasteiger partial charge is 0.388 e. The molecule has 0 aliphatic carbocycles. The van der Waals surface area contributed by atoms with E-state index in [0.29, 0.717) is 18.5 Å². The molecule has 1 unspecified atom stereocenters. The molecule has 2 N–H and O–H groups in total. The molecule has 0 aromatic heterocycles. The van der Waals surface area contributed by atoms with E-state index >= 15 is 0 Å². The molecule has 1 saturated heterocycles. The molecule has 0 bridgehead atoms. The lowest BCUT2D eigenvalue weighted by atomic mass is 10.1. The summed E-state index contributed by atoms with van der Waals surface area (Å²) >= 11 is 0. The van der Waals surface area contributed by atoms with Crippen molar-refractivity contribution in [2.75, 3.05) is 19.7 Å². The number of rotatable bonds is 1. The van der Waals surface area contributed by atoms with Gasteiger partial charge in [0.25, 0.3) is 5.91 Å². The zero-order chi connectivity index (χ0) is 14.8. The van der Waals surface area contributed by atoms with E-state index in [1.165, 1.54) is 23.1 Å². The van der Waals surface area contributed by atoms with E-state index in [1.54, 1.807) is 6.92 Å². The lowest BCUT2D eigenvalue weighted by Gasteiger charge is -2.19. The normalized spacial score (nSPS) is 21.5. The molecule has 0 radical (unpaired) electrons. The summed E-state index contributed by atoms with van der Waals surface area (Å²) in [6.07, 6.45) is 0.477. The van der Waals surface area contributed by atoms with Gasteiger partial charge in [0.1, 0.15) is 12.4 Å². The summed E-state index contributed by atoms with van der Waals surface area (Å²) in [5.41, 5.74) is -0.511. The van der Waals surface area contributed by atoms with Gasteiger partial charge < -0.3 is 15.1 Å². The predicted octanol–water partition coefficient (Wildman–Crippen LogP) is 0.766. The Morgan fingerprint density at radius 3 is 2.90 bits per heavy atom. The average molecular weight is 277 g/mol. The van der Waals surface area contributed by atoms with Gasteiger partial charge in [0.15, 0.2) is 0 Å². The molecule has 1 heterocycles. The van der Waals surface area contributed by atoms with Gasteiger partial charge >= 0.3 is 0 Å². The number of hydrogen-bond acceptors (Lipinski definition) is 3. The van der Waals surface area contributed by atoms with E-state index in [0.717, 1.165) is 0 Å². The second-order valence-electron chi connectivity index (χ2n) is 5.13. The molecule has 5 heteroatoms. The van der Waals surface area contributed by atoms with E-state index in [4.69, 9.17) is 5.11 Å². The van der Waals surface area contributed by atoms with Crippen LogP contribution >= 0.6 is 0 Å². The fourth-order valence-corrected chi connectivity index (χ4v) is 2.20. The van der Waals surface area contributed by atoms with E-state index in [9.17, 15) is 14.3 Å². The van der Waals surface area contributed by atoms with Crippen LogP contribution in [0.25, 0.3) is 0 Å². The van der Waals surface area contributed by atoms with Gasteiger partial charge in [-0.05, 0) is 31.5 Å². The van der Waals surface area contributed by atoms with Gasteiger partial charge in [0.2, 0.25) is 0 Å². The summed E-state index contributed by atoms with van der Waals surface area (Å²) < 4.78 is 13.8. The maximum atomic E-state index is 13.8. The monoisotopic (exact) mass is 277 g/mol. The highest BCUT2D eigenvalue weighted by molar-refractivity contribution is 5.95. The number of amides is 1. The molecule has 1 amide bonds. The van der Waals surface area contributed by atoms with Crippen molar-refractivity contribution >= 4 is 5.91 Å². The Kier molecular flexibility index (Phi) is 4.07. The van der Waals surface area contributed by atoms with Crippen molar-refractivity contribution in [3.05, 3.63) is 35.1 Å². The number of likely N-dealkylation sites (tertiary alicyclic amines) is 1. The van der Waals surface area contributed by atoms with Crippen LogP contribution in [0.5, 0.6) is 0 Å². The van der Waals surface area contributed by atoms with Crippen LogP contribution in [0.1, 0.15) is 29.3 Å². The van der Waals surface area contributed by atoms with Gasteiger partial charge in [-0.2, -0.15) is 0 Å². The van der Waals surface area contributed by atoms with Crippen LogP contribution in [0.15, 0.2) is 18.2 Å². The molecule has 0 spiro atoms. The molecule has 1 atom stereocenters. The van der Waals surface area contributed by atoms with E-state index in [-0.39, 0.29) is 18.7 Å². The predicted molar refractivity (Wildman–Crippen MR) is 71.5 cm³/mol. The average Bonchev–Trinajstić information content (AvgIpc) is 2.77. The highest BCUT2D eigenvalue weighted by Crippen LogP contribution is 2.23. The summed E-state index contributed by atoms with van der Waals surface area (Å²) in [6.45, 7) is 1.95. The highest BCUT2D eigenvalue weighted by Gasteiger charge is 2.35. The minimum Gasteiger partial charge on any atom is -0.388 e. The number of benzene rings is 1. The van der Waals surface area contributed by atoms with Crippen molar-refractivity contribution in [2.24, 2.45) is 0 Å². The number of aliphatic hydroxyl groups is 2. The highest BCUT2D eigenvalue weighted by atomic mass is 19.1. The van der Waals surface area contributed by atoms with Gasteiger partial charge in [-0.15, -0.1) is 0 Å². The molecule has 106 valence electrons. The Balaban J connectivity index is 2.25. The number of aliphatic hydroxyl groups excluding tert-OH is 1. The number of nitrogens with zero attached hydrogens (tertiary/aromatic N) is 1. The van der Waals surface area contributed by atoms with E-state index < -0.39 is 17.3 Å². The molecule has 1 aromatic carbocycles. The molecule has 20 heavy (non-hydrogen) atoms. The third-order valence-corrected chi connectivity index (χ3v) is 3.25. The Morgan fingerprint density at radius 1 is 1.55 bits per heavy atom. The van der Waals surface area contributed by atoms with Crippen LogP contribution in [0.4, 0.5) is 4.39 Å². The molecule has 2 rings (SSSR count). The summed E-state index contributed by atoms with van der Waals surface area (Å²) in [4.78, 5) is 13.7. The van der Waals surface area contributed by atoms with E-state index in [1.807, 2.05) is 0 Å². The first-order valence-electron chi connectivity index (χ1n) is 6.34. The molecule has 1 fully saturated rings. The Bertz CT molecular complexity index is 587. The number of halogens is 1.